The van der Waals surface area contributed by atoms with E-state index in [1.165, 1.54) is 11.1 Å². The molecular weight excluding hydrogens is 400 g/mol. The van der Waals surface area contributed by atoms with Gasteiger partial charge in [-0.3, -0.25) is 14.3 Å². The van der Waals surface area contributed by atoms with Crippen molar-refractivity contribution in [1.29, 1.82) is 0 Å². The Hall–Kier alpha value is -3.41. The zero-order chi connectivity index (χ0) is 22.7. The highest BCUT2D eigenvalue weighted by Crippen LogP contribution is 2.29. The van der Waals surface area contributed by atoms with Gasteiger partial charge in [0.1, 0.15) is 0 Å². The maximum atomic E-state index is 12.6. The van der Waals surface area contributed by atoms with E-state index in [0.29, 0.717) is 18.9 Å². The van der Waals surface area contributed by atoms with Gasteiger partial charge >= 0.3 is 0 Å². The molecule has 0 unspecified atom stereocenters. The third kappa shape index (κ3) is 5.07. The highest BCUT2D eigenvalue weighted by molar-refractivity contribution is 5.96. The molecule has 1 aliphatic rings. The van der Waals surface area contributed by atoms with E-state index in [-0.39, 0.29) is 29.6 Å². The van der Waals surface area contributed by atoms with Gasteiger partial charge in [-0.1, -0.05) is 69.3 Å². The predicted octanol–water partition coefficient (Wildman–Crippen LogP) is 4.16. The first kappa shape index (κ1) is 21.8. The van der Waals surface area contributed by atoms with Gasteiger partial charge in [0.2, 0.25) is 11.8 Å². The molecule has 2 N–H and O–H groups in total. The van der Waals surface area contributed by atoms with E-state index in [0.717, 1.165) is 17.7 Å². The third-order valence-electron chi connectivity index (χ3n) is 5.86. The van der Waals surface area contributed by atoms with Gasteiger partial charge in [-0.05, 0) is 29.0 Å². The fourth-order valence-electron chi connectivity index (χ4n) is 3.92. The first-order chi connectivity index (χ1) is 15.3. The zero-order valence-corrected chi connectivity index (χ0v) is 18.9. The van der Waals surface area contributed by atoms with Gasteiger partial charge in [0, 0.05) is 31.1 Å². The molecule has 32 heavy (non-hydrogen) atoms. The minimum absolute atomic E-state index is 0.0317. The van der Waals surface area contributed by atoms with Crippen LogP contribution in [-0.2, 0) is 28.0 Å². The number of carbonyl (C=O) groups excluding carboxylic acids is 2. The maximum Gasteiger partial charge on any atom is 0.230 e. The summed E-state index contributed by atoms with van der Waals surface area (Å²) in [5.74, 6) is -0.104. The lowest BCUT2D eigenvalue weighted by Crippen LogP contribution is -2.25. The second-order valence-corrected chi connectivity index (χ2v) is 9.40. The Morgan fingerprint density at radius 3 is 2.59 bits per heavy atom. The number of carbonyl (C=O) groups is 2. The highest BCUT2D eigenvalue weighted by Gasteiger charge is 2.28. The largest absolute Gasteiger partial charge is 0.355 e. The summed E-state index contributed by atoms with van der Waals surface area (Å²) in [6.45, 7) is 7.66. The second-order valence-electron chi connectivity index (χ2n) is 9.40. The van der Waals surface area contributed by atoms with Gasteiger partial charge in [-0.15, -0.1) is 0 Å². The highest BCUT2D eigenvalue weighted by atomic mass is 16.2. The van der Waals surface area contributed by atoms with Crippen molar-refractivity contribution in [1.82, 2.24) is 15.1 Å². The molecule has 2 heterocycles. The van der Waals surface area contributed by atoms with Crippen LogP contribution < -0.4 is 10.6 Å². The van der Waals surface area contributed by atoms with Crippen molar-refractivity contribution in [3.05, 3.63) is 71.8 Å². The molecule has 1 fully saturated rings. The van der Waals surface area contributed by atoms with Crippen molar-refractivity contribution >= 4 is 17.6 Å². The molecule has 1 aromatic heterocycles. The SMILES string of the molecule is CC(C)(C)c1cccc(-c2cc(NC(=O)[C@H]3CNC(=O)C3)nn2CCc2ccccc2)c1. The molecular formula is C26H30N4O2. The summed E-state index contributed by atoms with van der Waals surface area (Å²) in [5, 5.41) is 10.3. The van der Waals surface area contributed by atoms with Crippen LogP contribution in [0, 0.1) is 5.92 Å². The van der Waals surface area contributed by atoms with Crippen molar-refractivity contribution in [2.24, 2.45) is 5.92 Å². The minimum Gasteiger partial charge on any atom is -0.355 e. The van der Waals surface area contributed by atoms with Crippen LogP contribution in [-0.4, -0.2) is 28.1 Å². The quantitative estimate of drug-likeness (QED) is 0.616. The van der Waals surface area contributed by atoms with Crippen LogP contribution in [0.1, 0.15) is 38.3 Å². The van der Waals surface area contributed by atoms with Gasteiger partial charge in [0.25, 0.3) is 0 Å². The van der Waals surface area contributed by atoms with Crippen LogP contribution in [0.25, 0.3) is 11.3 Å². The average molecular weight is 431 g/mol. The molecule has 0 spiro atoms. The minimum atomic E-state index is -0.357. The Bertz CT molecular complexity index is 1110. The number of aryl methyl sites for hydroxylation is 2. The lowest BCUT2D eigenvalue weighted by atomic mass is 9.86. The lowest BCUT2D eigenvalue weighted by molar-refractivity contribution is -0.123. The van der Waals surface area contributed by atoms with Crippen LogP contribution in [0.2, 0.25) is 0 Å². The molecule has 1 saturated heterocycles. The first-order valence-electron chi connectivity index (χ1n) is 11.1. The number of rotatable bonds is 6. The molecule has 0 radical (unpaired) electrons. The van der Waals surface area contributed by atoms with Crippen molar-refractivity contribution in [3.63, 3.8) is 0 Å². The Kier molecular flexibility index (Phi) is 6.12. The molecule has 1 aliphatic heterocycles. The number of hydrogen-bond donors (Lipinski definition) is 2. The smallest absolute Gasteiger partial charge is 0.230 e. The molecule has 4 rings (SSSR count). The van der Waals surface area contributed by atoms with Crippen LogP contribution in [0.5, 0.6) is 0 Å². The molecule has 0 saturated carbocycles. The van der Waals surface area contributed by atoms with E-state index in [1.807, 2.05) is 28.9 Å². The number of hydrogen-bond acceptors (Lipinski definition) is 3. The standard InChI is InChI=1S/C26H30N4O2/c1-26(2,3)21-11-7-10-19(14-21)22-16-23(28-25(32)20-15-24(31)27-17-20)29-30(22)13-12-18-8-5-4-6-9-18/h4-11,14,16,20H,12-13,15,17H2,1-3H3,(H,27,31)(H,28,29,32)/t20-/m1/s1. The summed E-state index contributed by atoms with van der Waals surface area (Å²) in [6, 6.07) is 20.7. The van der Waals surface area contributed by atoms with Crippen LogP contribution >= 0.6 is 0 Å². The lowest BCUT2D eigenvalue weighted by Gasteiger charge is -2.20. The van der Waals surface area contributed by atoms with E-state index in [2.05, 4.69) is 67.8 Å². The van der Waals surface area contributed by atoms with Gasteiger partial charge in [-0.2, -0.15) is 5.10 Å². The molecule has 6 heteroatoms. The van der Waals surface area contributed by atoms with Crippen LogP contribution in [0.15, 0.2) is 60.7 Å². The fraction of sp³-hybridized carbons (Fsp3) is 0.346. The van der Waals surface area contributed by atoms with Crippen LogP contribution in [0.4, 0.5) is 5.82 Å². The van der Waals surface area contributed by atoms with E-state index in [4.69, 9.17) is 5.10 Å². The van der Waals surface area contributed by atoms with E-state index in [1.54, 1.807) is 0 Å². The molecule has 6 nitrogen and oxygen atoms in total. The number of nitrogens with one attached hydrogen (secondary N) is 2. The Balaban J connectivity index is 1.62. The average Bonchev–Trinajstić information content (AvgIpc) is 3.39. The number of anilines is 1. The summed E-state index contributed by atoms with van der Waals surface area (Å²) in [7, 11) is 0. The Labute approximate surface area is 189 Å². The third-order valence-corrected chi connectivity index (χ3v) is 5.86. The summed E-state index contributed by atoms with van der Waals surface area (Å²) in [4.78, 5) is 24.1. The zero-order valence-electron chi connectivity index (χ0n) is 18.9. The van der Waals surface area contributed by atoms with E-state index >= 15 is 0 Å². The maximum absolute atomic E-state index is 12.6. The molecule has 0 bridgehead atoms. The molecule has 3 aromatic rings. The summed E-state index contributed by atoms with van der Waals surface area (Å²) >= 11 is 0. The van der Waals surface area contributed by atoms with Gasteiger partial charge in [0.05, 0.1) is 11.6 Å². The van der Waals surface area contributed by atoms with Crippen molar-refractivity contribution < 1.29 is 9.59 Å². The molecule has 166 valence electrons. The number of aromatic nitrogens is 2. The van der Waals surface area contributed by atoms with E-state index < -0.39 is 0 Å². The van der Waals surface area contributed by atoms with Gasteiger partial charge < -0.3 is 10.6 Å². The second kappa shape index (κ2) is 8.99. The normalized spacial score (nSPS) is 16.1. The molecule has 2 amide bonds. The Morgan fingerprint density at radius 1 is 1.12 bits per heavy atom. The number of nitrogens with zero attached hydrogens (tertiary/aromatic N) is 2. The summed E-state index contributed by atoms with van der Waals surface area (Å²) in [6.07, 6.45) is 1.06. The van der Waals surface area contributed by atoms with Crippen molar-refractivity contribution in [2.75, 3.05) is 11.9 Å². The molecule has 2 aromatic carbocycles. The number of benzene rings is 2. The summed E-state index contributed by atoms with van der Waals surface area (Å²) in [5.41, 5.74) is 4.54. The summed E-state index contributed by atoms with van der Waals surface area (Å²) < 4.78 is 1.96. The topological polar surface area (TPSA) is 76.0 Å². The molecule has 1 atom stereocenters. The Morgan fingerprint density at radius 2 is 1.91 bits per heavy atom. The van der Waals surface area contributed by atoms with Gasteiger partial charge in [0.15, 0.2) is 5.82 Å². The predicted molar refractivity (Wildman–Crippen MR) is 126 cm³/mol. The van der Waals surface area contributed by atoms with Crippen molar-refractivity contribution in [2.45, 2.75) is 45.6 Å². The monoisotopic (exact) mass is 430 g/mol. The van der Waals surface area contributed by atoms with E-state index in [9.17, 15) is 9.59 Å². The van der Waals surface area contributed by atoms with Crippen LogP contribution in [0.3, 0.4) is 0 Å². The number of amides is 2. The van der Waals surface area contributed by atoms with Crippen molar-refractivity contribution in [3.8, 4) is 11.3 Å². The fourth-order valence-corrected chi connectivity index (χ4v) is 3.92. The molecule has 0 aliphatic carbocycles. The first-order valence-corrected chi connectivity index (χ1v) is 11.1. The van der Waals surface area contributed by atoms with Gasteiger partial charge in [-0.25, -0.2) is 0 Å².